The van der Waals surface area contributed by atoms with Crippen LogP contribution in [0.1, 0.15) is 34.1 Å². The molecule has 0 saturated heterocycles. The second kappa shape index (κ2) is 10.9. The molecule has 14 heavy (non-hydrogen) atoms. The van der Waals surface area contributed by atoms with Gasteiger partial charge in [0, 0.05) is 0 Å². The monoisotopic (exact) mass is 264 g/mol. The maximum atomic E-state index is 3.06. The Balaban J connectivity index is 0. The van der Waals surface area contributed by atoms with Gasteiger partial charge in [0.15, 0.2) is 0 Å². The van der Waals surface area contributed by atoms with Gasteiger partial charge in [-0.05, 0) is 0 Å². The number of allylic oxidation sites excluding steroid dienone is 8. The molecule has 0 heterocycles. The Kier molecular flexibility index (Phi) is 12.7. The largest absolute Gasteiger partial charge is 2.00 e. The third kappa shape index (κ3) is 8.44. The molecule has 0 spiro atoms. The number of hydrogen-bond donors (Lipinski definition) is 0. The van der Waals surface area contributed by atoms with E-state index in [1.54, 1.807) is 0 Å². The van der Waals surface area contributed by atoms with Gasteiger partial charge in [0.25, 0.3) is 0 Å². The maximum Gasteiger partial charge on any atom is 2.00 e. The molecule has 0 bridgehead atoms. The Bertz CT molecular complexity index is 216. The molecule has 1 aliphatic rings. The molecule has 0 amide bonds. The summed E-state index contributed by atoms with van der Waals surface area (Å²) in [5.74, 6) is 0. The second-order valence-electron chi connectivity index (χ2n) is 2.85. The zero-order valence-electron chi connectivity index (χ0n) is 9.52. The standard InChI is InChI=1S/C8H13.C5H5.Zr/c1-5-7(3)8(4)6-2;1-2-4-5-3-1;/h5H,1-4H3;1-3H,4H2;/q2*-1;+2/b7-5+;;. The summed E-state index contributed by atoms with van der Waals surface area (Å²) in [5.41, 5.74) is 2.56. The van der Waals surface area contributed by atoms with Crippen LogP contribution in [0.2, 0.25) is 0 Å². The quantitative estimate of drug-likeness (QED) is 0.496. The SMILES string of the molecule is C[C-]=C(C)/C(C)=C/C.[C-]1=CC=CC1.[Zr+2]. The van der Waals surface area contributed by atoms with Crippen molar-refractivity contribution in [1.82, 2.24) is 0 Å². The van der Waals surface area contributed by atoms with Crippen LogP contribution in [-0.2, 0) is 26.2 Å². The molecule has 0 N–H and O–H groups in total. The van der Waals surface area contributed by atoms with E-state index in [1.165, 1.54) is 11.1 Å². The van der Waals surface area contributed by atoms with Gasteiger partial charge in [-0.2, -0.15) is 12.2 Å². The van der Waals surface area contributed by atoms with Crippen molar-refractivity contribution in [2.75, 3.05) is 0 Å². The molecule has 0 nitrogen and oxygen atoms in total. The molecule has 0 aromatic carbocycles. The fourth-order valence-corrected chi connectivity index (χ4v) is 0.754. The minimum Gasteiger partial charge on any atom is -0.275 e. The first-order valence-electron chi connectivity index (χ1n) is 4.58. The summed E-state index contributed by atoms with van der Waals surface area (Å²) in [6, 6.07) is 0. The molecule has 0 aliphatic heterocycles. The van der Waals surface area contributed by atoms with E-state index in [0.29, 0.717) is 0 Å². The number of hydrogen-bond acceptors (Lipinski definition) is 0. The van der Waals surface area contributed by atoms with Crippen molar-refractivity contribution in [3.63, 3.8) is 0 Å². The molecule has 1 aliphatic carbocycles. The molecule has 1 heteroatoms. The Hall–Kier alpha value is -0.157. The van der Waals surface area contributed by atoms with Gasteiger partial charge in [0.2, 0.25) is 0 Å². The Morgan fingerprint density at radius 1 is 1.43 bits per heavy atom. The van der Waals surface area contributed by atoms with Crippen molar-refractivity contribution in [2.24, 2.45) is 0 Å². The Morgan fingerprint density at radius 3 is 2.21 bits per heavy atom. The first-order valence-corrected chi connectivity index (χ1v) is 4.58. The summed E-state index contributed by atoms with van der Waals surface area (Å²) < 4.78 is 0. The molecule has 0 saturated carbocycles. The van der Waals surface area contributed by atoms with Gasteiger partial charge in [-0.3, -0.25) is 12.2 Å². The third-order valence-electron chi connectivity index (χ3n) is 1.99. The summed E-state index contributed by atoms with van der Waals surface area (Å²) in [4.78, 5) is 0. The average molecular weight is 266 g/mol. The van der Waals surface area contributed by atoms with E-state index >= 15 is 0 Å². The van der Waals surface area contributed by atoms with E-state index in [-0.39, 0.29) is 26.2 Å². The van der Waals surface area contributed by atoms with Crippen molar-refractivity contribution < 1.29 is 26.2 Å². The van der Waals surface area contributed by atoms with E-state index in [2.05, 4.69) is 38.2 Å². The zero-order valence-corrected chi connectivity index (χ0v) is 12.0. The topological polar surface area (TPSA) is 0 Å². The number of rotatable bonds is 1. The van der Waals surface area contributed by atoms with Crippen molar-refractivity contribution in [3.05, 3.63) is 47.6 Å². The maximum absolute atomic E-state index is 3.06. The molecular formula is C13H18Zr. The van der Waals surface area contributed by atoms with Crippen LogP contribution in [0.15, 0.2) is 35.5 Å². The predicted molar refractivity (Wildman–Crippen MR) is 59.1 cm³/mol. The summed E-state index contributed by atoms with van der Waals surface area (Å²) >= 11 is 0. The Morgan fingerprint density at radius 2 is 2.07 bits per heavy atom. The minimum absolute atomic E-state index is 0. The molecule has 0 aromatic rings. The second-order valence-corrected chi connectivity index (χ2v) is 2.85. The van der Waals surface area contributed by atoms with Gasteiger partial charge in [0.1, 0.15) is 0 Å². The Labute approximate surface area is 108 Å². The molecule has 1 rings (SSSR count). The van der Waals surface area contributed by atoms with E-state index in [1.807, 2.05) is 26.0 Å². The van der Waals surface area contributed by atoms with Gasteiger partial charge < -0.3 is 0 Å². The van der Waals surface area contributed by atoms with Crippen molar-refractivity contribution in [3.8, 4) is 0 Å². The van der Waals surface area contributed by atoms with E-state index < -0.39 is 0 Å². The van der Waals surface area contributed by atoms with Crippen LogP contribution in [0.25, 0.3) is 0 Å². The predicted octanol–water partition coefficient (Wildman–Crippen LogP) is 4.03. The summed E-state index contributed by atoms with van der Waals surface area (Å²) in [6.07, 6.45) is 15.2. The van der Waals surface area contributed by atoms with Gasteiger partial charge in [0.05, 0.1) is 0 Å². The van der Waals surface area contributed by atoms with Gasteiger partial charge in [-0.1, -0.05) is 13.8 Å². The van der Waals surface area contributed by atoms with E-state index in [4.69, 9.17) is 0 Å². The summed E-state index contributed by atoms with van der Waals surface area (Å²) in [6.45, 7) is 8.12. The van der Waals surface area contributed by atoms with Gasteiger partial charge >= 0.3 is 26.2 Å². The first kappa shape index (κ1) is 16.3. The van der Waals surface area contributed by atoms with Crippen molar-refractivity contribution >= 4 is 0 Å². The molecule has 0 fully saturated rings. The van der Waals surface area contributed by atoms with Crippen LogP contribution < -0.4 is 0 Å². The third-order valence-corrected chi connectivity index (χ3v) is 1.99. The van der Waals surface area contributed by atoms with Crippen molar-refractivity contribution in [2.45, 2.75) is 34.1 Å². The normalized spacial score (nSPS) is 14.6. The molecular weight excluding hydrogens is 247 g/mol. The van der Waals surface area contributed by atoms with Crippen molar-refractivity contribution in [1.29, 1.82) is 0 Å². The van der Waals surface area contributed by atoms with E-state index in [9.17, 15) is 0 Å². The van der Waals surface area contributed by atoms with Gasteiger partial charge in [-0.15, -0.1) is 20.3 Å². The summed E-state index contributed by atoms with van der Waals surface area (Å²) in [7, 11) is 0. The van der Waals surface area contributed by atoms with Crippen LogP contribution in [0.4, 0.5) is 0 Å². The molecule has 74 valence electrons. The molecule has 0 atom stereocenters. The van der Waals surface area contributed by atoms with Crippen LogP contribution >= 0.6 is 0 Å². The summed E-state index contributed by atoms with van der Waals surface area (Å²) in [5, 5.41) is 0. The van der Waals surface area contributed by atoms with Crippen LogP contribution in [-0.4, -0.2) is 0 Å². The first-order chi connectivity index (χ1) is 6.22. The van der Waals surface area contributed by atoms with Gasteiger partial charge in [-0.25, -0.2) is 23.3 Å². The molecule has 0 aromatic heterocycles. The fraction of sp³-hybridized carbons (Fsp3) is 0.385. The molecule has 0 radical (unpaired) electrons. The van der Waals surface area contributed by atoms with Crippen LogP contribution in [0.5, 0.6) is 0 Å². The average Bonchev–Trinajstić information content (AvgIpc) is 2.73. The molecule has 0 unspecified atom stereocenters. The zero-order chi connectivity index (χ0) is 10.1. The minimum atomic E-state index is 0. The smallest absolute Gasteiger partial charge is 0.275 e. The van der Waals surface area contributed by atoms with E-state index in [0.717, 1.165) is 6.42 Å². The van der Waals surface area contributed by atoms with Crippen LogP contribution in [0, 0.1) is 12.2 Å². The van der Waals surface area contributed by atoms with Crippen LogP contribution in [0.3, 0.4) is 0 Å². The fourth-order valence-electron chi connectivity index (χ4n) is 0.754.